The van der Waals surface area contributed by atoms with E-state index < -0.39 is 29.0 Å². The molecule has 38 heavy (non-hydrogen) atoms. The number of aliphatic hydroxyl groups excluding tert-OH is 2. The Morgan fingerprint density at radius 1 is 0.895 bits per heavy atom. The van der Waals surface area contributed by atoms with Crippen molar-refractivity contribution >= 4 is 11.0 Å². The molecule has 0 bridgehead atoms. The van der Waals surface area contributed by atoms with Crippen LogP contribution >= 0.6 is 0 Å². The molecule has 0 saturated heterocycles. The lowest BCUT2D eigenvalue weighted by molar-refractivity contribution is -0.126. The van der Waals surface area contributed by atoms with E-state index in [-0.39, 0.29) is 46.3 Å². The smallest absolute Gasteiger partial charge is 0.171 e. The van der Waals surface area contributed by atoms with E-state index in [9.17, 15) is 35.7 Å². The first-order chi connectivity index (χ1) is 17.5. The Morgan fingerprint density at radius 3 is 2.08 bits per heavy atom. The van der Waals surface area contributed by atoms with Crippen molar-refractivity contribution in [3.63, 3.8) is 0 Å². The van der Waals surface area contributed by atoms with Gasteiger partial charge in [0, 0.05) is 22.6 Å². The Labute approximate surface area is 221 Å². The van der Waals surface area contributed by atoms with E-state index in [1.165, 1.54) is 18.2 Å². The van der Waals surface area contributed by atoms with Crippen LogP contribution in [0.25, 0.3) is 22.3 Å². The van der Waals surface area contributed by atoms with Crippen LogP contribution in [0.1, 0.15) is 77.5 Å². The van der Waals surface area contributed by atoms with Gasteiger partial charge < -0.3 is 44.9 Å². The number of hydrogen-bond donors (Lipinski definition) is 7. The summed E-state index contributed by atoms with van der Waals surface area (Å²) in [6, 6.07) is 5.62. The number of ether oxygens (including phenoxy) is 1. The average molecular weight is 531 g/mol. The van der Waals surface area contributed by atoms with Gasteiger partial charge in [-0.2, -0.15) is 0 Å². The number of aryl methyl sites for hydroxylation is 1. The molecule has 9 heteroatoms. The van der Waals surface area contributed by atoms with Crippen LogP contribution in [0.2, 0.25) is 0 Å². The number of furan rings is 1. The Balaban J connectivity index is 1.88. The molecule has 0 radical (unpaired) electrons. The van der Waals surface area contributed by atoms with Gasteiger partial charge in [0.2, 0.25) is 0 Å². The SMILES string of the molecule is CC(C)(O)CCC[C@]1(C)Oc2c(O)c(CCC(C)(C)O)c3cc(-c4cc(O)cc(O)c4)oc3c2[C@H](O)[C@@H]1O. The van der Waals surface area contributed by atoms with Crippen molar-refractivity contribution < 1.29 is 44.9 Å². The third-order valence-electron chi connectivity index (χ3n) is 7.24. The summed E-state index contributed by atoms with van der Waals surface area (Å²) >= 11 is 0. The van der Waals surface area contributed by atoms with Crippen molar-refractivity contribution in [3.05, 3.63) is 35.4 Å². The number of rotatable bonds is 8. The normalized spacial score (nSPS) is 21.9. The average Bonchev–Trinajstić information content (AvgIpc) is 3.20. The zero-order valence-electron chi connectivity index (χ0n) is 22.4. The number of phenolic OH excluding ortho intramolecular Hbond substituents is 3. The summed E-state index contributed by atoms with van der Waals surface area (Å²) in [7, 11) is 0. The van der Waals surface area contributed by atoms with Gasteiger partial charge in [-0.25, -0.2) is 0 Å². The molecule has 0 spiro atoms. The zero-order valence-corrected chi connectivity index (χ0v) is 22.4. The highest BCUT2D eigenvalue weighted by Gasteiger charge is 2.48. The molecule has 0 unspecified atom stereocenters. The molecule has 0 fully saturated rings. The van der Waals surface area contributed by atoms with Gasteiger partial charge in [-0.05, 0) is 84.9 Å². The summed E-state index contributed by atoms with van der Waals surface area (Å²) in [6.45, 7) is 8.35. The third kappa shape index (κ3) is 5.56. The van der Waals surface area contributed by atoms with Gasteiger partial charge >= 0.3 is 0 Å². The maximum atomic E-state index is 11.4. The first-order valence-corrected chi connectivity index (χ1v) is 12.8. The molecule has 2 heterocycles. The number of phenols is 3. The van der Waals surface area contributed by atoms with Gasteiger partial charge in [0.15, 0.2) is 11.5 Å². The van der Waals surface area contributed by atoms with E-state index >= 15 is 0 Å². The third-order valence-corrected chi connectivity index (χ3v) is 7.24. The highest BCUT2D eigenvalue weighted by atomic mass is 16.5. The predicted molar refractivity (Wildman–Crippen MR) is 141 cm³/mol. The standard InChI is InChI=1S/C29H38O9/c1-27(2,35)8-6-9-29(5)26(34)23(33)21-24-19(14-20(37-24)15-11-16(30)13-17(31)12-15)18(7-10-28(3,4)36)22(32)25(21)38-29/h11-14,23,26,30-36H,6-10H2,1-5H3/t23-,26-,29-/m0/s1. The summed E-state index contributed by atoms with van der Waals surface area (Å²) in [5.74, 6) is -0.320. The van der Waals surface area contributed by atoms with Crippen LogP contribution in [0.3, 0.4) is 0 Å². The van der Waals surface area contributed by atoms with E-state index in [1.807, 2.05) is 0 Å². The first kappa shape index (κ1) is 28.0. The van der Waals surface area contributed by atoms with E-state index in [2.05, 4.69) is 0 Å². The van der Waals surface area contributed by atoms with E-state index in [4.69, 9.17) is 9.15 Å². The van der Waals surface area contributed by atoms with Crippen LogP contribution in [0.4, 0.5) is 0 Å². The predicted octanol–water partition coefficient (Wildman–Crippen LogP) is 4.41. The van der Waals surface area contributed by atoms with Crippen LogP contribution in [0.5, 0.6) is 23.0 Å². The van der Waals surface area contributed by atoms with Crippen LogP contribution in [-0.2, 0) is 6.42 Å². The molecule has 1 aliphatic rings. The van der Waals surface area contributed by atoms with Crippen LogP contribution in [0.15, 0.2) is 28.7 Å². The molecule has 3 atom stereocenters. The Bertz CT molecular complexity index is 1310. The molecule has 0 saturated carbocycles. The molecular weight excluding hydrogens is 492 g/mol. The maximum absolute atomic E-state index is 11.4. The van der Waals surface area contributed by atoms with Crippen molar-refractivity contribution in [1.82, 2.24) is 0 Å². The summed E-state index contributed by atoms with van der Waals surface area (Å²) in [5, 5.41) is 74.7. The molecule has 3 aromatic rings. The highest BCUT2D eigenvalue weighted by Crippen LogP contribution is 2.53. The first-order valence-electron chi connectivity index (χ1n) is 12.8. The fraction of sp³-hybridized carbons (Fsp3) is 0.517. The number of aliphatic hydroxyl groups is 4. The molecule has 4 rings (SSSR count). The zero-order chi connectivity index (χ0) is 28.2. The highest BCUT2D eigenvalue weighted by molar-refractivity contribution is 5.93. The molecule has 1 aliphatic heterocycles. The lowest BCUT2D eigenvalue weighted by Crippen LogP contribution is -2.51. The molecule has 208 valence electrons. The molecule has 0 amide bonds. The quantitative estimate of drug-likeness (QED) is 0.223. The lowest BCUT2D eigenvalue weighted by Gasteiger charge is -2.43. The second-order valence-electron chi connectivity index (χ2n) is 11.9. The van der Waals surface area contributed by atoms with Crippen molar-refractivity contribution in [2.75, 3.05) is 0 Å². The summed E-state index contributed by atoms with van der Waals surface area (Å²) in [4.78, 5) is 0. The van der Waals surface area contributed by atoms with E-state index in [0.29, 0.717) is 42.2 Å². The Hall–Kier alpha value is -2.98. The van der Waals surface area contributed by atoms with Gasteiger partial charge in [0.05, 0.1) is 16.8 Å². The molecule has 2 aromatic carbocycles. The van der Waals surface area contributed by atoms with Gasteiger partial charge in [-0.15, -0.1) is 0 Å². The van der Waals surface area contributed by atoms with E-state index in [0.717, 1.165) is 0 Å². The minimum Gasteiger partial charge on any atom is -0.508 e. The summed E-state index contributed by atoms with van der Waals surface area (Å²) in [5.41, 5.74) is -2.12. The van der Waals surface area contributed by atoms with Gasteiger partial charge in [-0.1, -0.05) is 0 Å². The van der Waals surface area contributed by atoms with E-state index in [1.54, 1.807) is 40.7 Å². The molecule has 7 N–H and O–H groups in total. The second kappa shape index (κ2) is 9.64. The van der Waals surface area contributed by atoms with Crippen LogP contribution in [0, 0.1) is 0 Å². The van der Waals surface area contributed by atoms with Crippen molar-refractivity contribution in [2.45, 2.75) is 95.7 Å². The fourth-order valence-electron chi connectivity index (χ4n) is 5.10. The van der Waals surface area contributed by atoms with Crippen LogP contribution < -0.4 is 4.74 Å². The van der Waals surface area contributed by atoms with Crippen molar-refractivity contribution in [2.24, 2.45) is 0 Å². The Kier molecular flexibility index (Phi) is 7.12. The number of aromatic hydroxyl groups is 3. The van der Waals surface area contributed by atoms with Crippen molar-refractivity contribution in [3.8, 4) is 34.3 Å². The van der Waals surface area contributed by atoms with Gasteiger partial charge in [-0.3, -0.25) is 0 Å². The number of hydrogen-bond acceptors (Lipinski definition) is 9. The number of benzene rings is 2. The number of fused-ring (bicyclic) bond motifs is 3. The minimum absolute atomic E-state index is 0.00791. The monoisotopic (exact) mass is 530 g/mol. The maximum Gasteiger partial charge on any atom is 0.171 e. The Morgan fingerprint density at radius 2 is 1.50 bits per heavy atom. The van der Waals surface area contributed by atoms with Crippen LogP contribution in [-0.4, -0.2) is 58.7 Å². The minimum atomic E-state index is -1.46. The molecular formula is C29H38O9. The topological polar surface area (TPSA) is 164 Å². The van der Waals surface area contributed by atoms with Gasteiger partial charge in [0.25, 0.3) is 0 Å². The molecule has 9 nitrogen and oxygen atoms in total. The van der Waals surface area contributed by atoms with Gasteiger partial charge in [0.1, 0.15) is 40.7 Å². The summed E-state index contributed by atoms with van der Waals surface area (Å²) < 4.78 is 12.4. The second-order valence-corrected chi connectivity index (χ2v) is 11.9. The lowest BCUT2D eigenvalue weighted by atomic mass is 9.81. The summed E-state index contributed by atoms with van der Waals surface area (Å²) in [6.07, 6.45) is -1.02. The molecule has 1 aromatic heterocycles. The largest absolute Gasteiger partial charge is 0.508 e. The van der Waals surface area contributed by atoms with Crippen molar-refractivity contribution in [1.29, 1.82) is 0 Å². The molecule has 0 aliphatic carbocycles. The fourth-order valence-corrected chi connectivity index (χ4v) is 5.10.